The van der Waals surface area contributed by atoms with E-state index in [0.717, 1.165) is 0 Å². The van der Waals surface area contributed by atoms with Crippen molar-refractivity contribution in [2.75, 3.05) is 0 Å². The van der Waals surface area contributed by atoms with E-state index in [4.69, 9.17) is 21.2 Å². The van der Waals surface area contributed by atoms with Gasteiger partial charge in [-0.1, -0.05) is 16.8 Å². The summed E-state index contributed by atoms with van der Waals surface area (Å²) in [5, 5.41) is 13.5. The molecule has 0 saturated carbocycles. The number of nitrogens with zero attached hydrogens (tertiary/aromatic N) is 1. The van der Waals surface area contributed by atoms with Gasteiger partial charge in [0.05, 0.1) is 16.1 Å². The van der Waals surface area contributed by atoms with Gasteiger partial charge >= 0.3 is 5.97 Å². The van der Waals surface area contributed by atoms with E-state index in [1.54, 1.807) is 6.92 Å². The van der Waals surface area contributed by atoms with Crippen LogP contribution in [-0.4, -0.2) is 16.2 Å². The fraction of sp³-hybridized carbons (Fsp3) is 0.111. The fourth-order valence-electron chi connectivity index (χ4n) is 1.32. The maximum Gasteiger partial charge on any atom is 0.339 e. The monoisotopic (exact) mass is 211 g/mol. The van der Waals surface area contributed by atoms with Crippen LogP contribution >= 0.6 is 11.6 Å². The predicted octanol–water partition coefficient (Wildman–Crippen LogP) is 2.49. The molecule has 2 aromatic rings. The first-order valence-corrected chi connectivity index (χ1v) is 4.27. The first-order chi connectivity index (χ1) is 6.61. The lowest BCUT2D eigenvalue weighted by Gasteiger charge is -1.96. The van der Waals surface area contributed by atoms with E-state index < -0.39 is 5.97 Å². The van der Waals surface area contributed by atoms with Crippen LogP contribution in [0.2, 0.25) is 5.02 Å². The number of aromatic nitrogens is 1. The van der Waals surface area contributed by atoms with Crippen LogP contribution in [0.5, 0.6) is 0 Å². The van der Waals surface area contributed by atoms with Crippen LogP contribution < -0.4 is 0 Å². The maximum absolute atomic E-state index is 10.8. The molecular weight excluding hydrogens is 206 g/mol. The SMILES string of the molecule is Cc1noc2c(C(=O)O)ccc(Cl)c12. The van der Waals surface area contributed by atoms with Crippen LogP contribution in [0.15, 0.2) is 16.7 Å². The second-order valence-electron chi connectivity index (χ2n) is 2.87. The van der Waals surface area contributed by atoms with Gasteiger partial charge in [0, 0.05) is 0 Å². The zero-order valence-electron chi connectivity index (χ0n) is 7.24. The third-order valence-corrected chi connectivity index (χ3v) is 2.29. The molecule has 0 radical (unpaired) electrons. The van der Waals surface area contributed by atoms with E-state index in [1.807, 2.05) is 0 Å². The molecule has 1 N–H and O–H groups in total. The van der Waals surface area contributed by atoms with Crippen molar-refractivity contribution < 1.29 is 14.4 Å². The van der Waals surface area contributed by atoms with Gasteiger partial charge in [0.25, 0.3) is 0 Å². The predicted molar refractivity (Wildman–Crippen MR) is 50.7 cm³/mol. The van der Waals surface area contributed by atoms with Crippen LogP contribution in [0, 0.1) is 6.92 Å². The first-order valence-electron chi connectivity index (χ1n) is 3.89. The normalized spacial score (nSPS) is 10.7. The smallest absolute Gasteiger partial charge is 0.339 e. The largest absolute Gasteiger partial charge is 0.478 e. The average Bonchev–Trinajstić information content (AvgIpc) is 2.49. The molecule has 1 aromatic heterocycles. The Morgan fingerprint density at radius 3 is 2.93 bits per heavy atom. The Hall–Kier alpha value is -1.55. The van der Waals surface area contributed by atoms with Gasteiger partial charge in [-0.25, -0.2) is 4.79 Å². The standard InChI is InChI=1S/C9H6ClNO3/c1-4-7-6(10)3-2-5(9(12)13)8(7)14-11-4/h2-3H,1H3,(H,12,13). The number of hydrogen-bond acceptors (Lipinski definition) is 3. The van der Waals surface area contributed by atoms with Crippen molar-refractivity contribution in [3.8, 4) is 0 Å². The van der Waals surface area contributed by atoms with Gasteiger partial charge in [-0.15, -0.1) is 0 Å². The third kappa shape index (κ3) is 1.15. The highest BCUT2D eigenvalue weighted by Crippen LogP contribution is 2.29. The minimum atomic E-state index is -1.05. The molecule has 0 unspecified atom stereocenters. The second kappa shape index (κ2) is 2.99. The summed E-state index contributed by atoms with van der Waals surface area (Å²) < 4.78 is 4.91. The Balaban J connectivity index is 2.90. The minimum absolute atomic E-state index is 0.0741. The number of rotatable bonds is 1. The molecule has 0 amide bonds. The number of benzene rings is 1. The van der Waals surface area contributed by atoms with E-state index in [2.05, 4.69) is 5.16 Å². The molecular formula is C9H6ClNO3. The number of fused-ring (bicyclic) bond motifs is 1. The number of carbonyl (C=O) groups is 1. The van der Waals surface area contributed by atoms with Crippen molar-refractivity contribution in [3.63, 3.8) is 0 Å². The topological polar surface area (TPSA) is 63.3 Å². The van der Waals surface area contributed by atoms with Crippen molar-refractivity contribution in [1.29, 1.82) is 0 Å². The summed E-state index contributed by atoms with van der Waals surface area (Å²) >= 11 is 5.89. The first kappa shape index (κ1) is 9.02. The van der Waals surface area contributed by atoms with E-state index in [9.17, 15) is 4.79 Å². The highest BCUT2D eigenvalue weighted by Gasteiger charge is 2.16. The molecule has 0 aliphatic carbocycles. The summed E-state index contributed by atoms with van der Waals surface area (Å²) in [5.41, 5.74) is 0.889. The van der Waals surface area contributed by atoms with Crippen molar-refractivity contribution in [2.45, 2.75) is 6.92 Å². The van der Waals surface area contributed by atoms with Crippen molar-refractivity contribution >= 4 is 28.5 Å². The van der Waals surface area contributed by atoms with Gasteiger partial charge < -0.3 is 9.63 Å². The van der Waals surface area contributed by atoms with Crippen molar-refractivity contribution in [1.82, 2.24) is 5.16 Å². The van der Waals surface area contributed by atoms with Crippen LogP contribution in [0.1, 0.15) is 16.1 Å². The number of carboxylic acid groups (broad SMARTS) is 1. The van der Waals surface area contributed by atoms with Crippen molar-refractivity contribution in [2.24, 2.45) is 0 Å². The zero-order chi connectivity index (χ0) is 10.3. The zero-order valence-corrected chi connectivity index (χ0v) is 8.00. The lowest BCUT2D eigenvalue weighted by atomic mass is 10.1. The summed E-state index contributed by atoms with van der Waals surface area (Å²) in [7, 11) is 0. The molecule has 0 aliphatic heterocycles. The lowest BCUT2D eigenvalue weighted by molar-refractivity contribution is 0.0697. The molecule has 0 bridgehead atoms. The fourth-order valence-corrected chi connectivity index (χ4v) is 1.60. The third-order valence-electron chi connectivity index (χ3n) is 1.97. The molecule has 4 nitrogen and oxygen atoms in total. The molecule has 72 valence electrons. The number of carboxylic acids is 1. The number of aromatic carboxylic acids is 1. The second-order valence-corrected chi connectivity index (χ2v) is 3.28. The van der Waals surface area contributed by atoms with E-state index in [1.165, 1.54) is 12.1 Å². The Morgan fingerprint density at radius 1 is 1.57 bits per heavy atom. The van der Waals surface area contributed by atoms with Gasteiger partial charge in [0.15, 0.2) is 5.58 Å². The lowest BCUT2D eigenvalue weighted by Crippen LogP contribution is -1.96. The van der Waals surface area contributed by atoms with Gasteiger partial charge in [0.2, 0.25) is 0 Å². The van der Waals surface area contributed by atoms with Crippen LogP contribution in [0.3, 0.4) is 0 Å². The van der Waals surface area contributed by atoms with E-state index >= 15 is 0 Å². The molecule has 0 fully saturated rings. The molecule has 0 aliphatic rings. The Labute approximate surface area is 84.1 Å². The Bertz CT molecular complexity index is 518. The van der Waals surface area contributed by atoms with Gasteiger partial charge in [-0.3, -0.25) is 0 Å². The van der Waals surface area contributed by atoms with E-state index in [0.29, 0.717) is 16.1 Å². The quantitative estimate of drug-likeness (QED) is 0.787. The molecule has 1 heterocycles. The van der Waals surface area contributed by atoms with Gasteiger partial charge in [-0.2, -0.15) is 0 Å². The van der Waals surface area contributed by atoms with Crippen molar-refractivity contribution in [3.05, 3.63) is 28.4 Å². The summed E-state index contributed by atoms with van der Waals surface area (Å²) in [6.45, 7) is 1.71. The molecule has 0 spiro atoms. The molecule has 5 heteroatoms. The van der Waals surface area contributed by atoms with Gasteiger partial charge in [0.1, 0.15) is 5.56 Å². The molecule has 0 saturated heterocycles. The average molecular weight is 212 g/mol. The number of halogens is 1. The summed E-state index contributed by atoms with van der Waals surface area (Å²) in [6, 6.07) is 2.93. The highest BCUT2D eigenvalue weighted by atomic mass is 35.5. The molecule has 2 rings (SSSR count). The Kier molecular flexibility index (Phi) is 1.93. The highest BCUT2D eigenvalue weighted by molar-refractivity contribution is 6.36. The summed E-state index contributed by atoms with van der Waals surface area (Å²) in [6.07, 6.45) is 0. The van der Waals surface area contributed by atoms with Crippen LogP contribution in [-0.2, 0) is 0 Å². The molecule has 0 atom stereocenters. The van der Waals surface area contributed by atoms with Gasteiger partial charge in [-0.05, 0) is 19.1 Å². The minimum Gasteiger partial charge on any atom is -0.478 e. The van der Waals surface area contributed by atoms with Crippen LogP contribution in [0.25, 0.3) is 11.0 Å². The summed E-state index contributed by atoms with van der Waals surface area (Å²) in [4.78, 5) is 10.8. The molecule has 14 heavy (non-hydrogen) atoms. The number of aryl methyl sites for hydroxylation is 1. The van der Waals surface area contributed by atoms with E-state index in [-0.39, 0.29) is 11.1 Å². The Morgan fingerprint density at radius 2 is 2.29 bits per heavy atom. The number of hydrogen-bond donors (Lipinski definition) is 1. The summed E-state index contributed by atoms with van der Waals surface area (Å²) in [5.74, 6) is -1.05. The molecule has 1 aromatic carbocycles. The maximum atomic E-state index is 10.8. The van der Waals surface area contributed by atoms with Crippen LogP contribution in [0.4, 0.5) is 0 Å².